The molecule has 0 saturated heterocycles. The summed E-state index contributed by atoms with van der Waals surface area (Å²) >= 11 is 0. The van der Waals surface area contributed by atoms with Crippen molar-refractivity contribution in [2.45, 2.75) is 0 Å². The van der Waals surface area contributed by atoms with E-state index in [1.807, 2.05) is 12.1 Å². The van der Waals surface area contributed by atoms with Gasteiger partial charge in [0.1, 0.15) is 11.2 Å². The topological polar surface area (TPSA) is 16.4 Å². The lowest BCUT2D eigenvalue weighted by molar-refractivity contribution is 0.670. The van der Waals surface area contributed by atoms with Crippen LogP contribution < -0.4 is 4.90 Å². The van der Waals surface area contributed by atoms with Gasteiger partial charge in [0, 0.05) is 33.4 Å². The van der Waals surface area contributed by atoms with Gasteiger partial charge in [-0.15, -0.1) is 0 Å². The first-order valence-electron chi connectivity index (χ1n) is 19.1. The molecular formula is C54H37NO. The SMILES string of the molecule is c1ccc(-c2ccc(N(c3ccc(-c4cc(-c5ccccc5)cc(-c5ccccc5)c4)cc3)c3ccc(-c4cccc5c4oc4ccccc45)cc3)cc2)cc1. The number of fused-ring (bicyclic) bond motifs is 3. The van der Waals surface area contributed by atoms with Gasteiger partial charge in [-0.3, -0.25) is 0 Å². The van der Waals surface area contributed by atoms with Gasteiger partial charge in [0.15, 0.2) is 0 Å². The standard InChI is InChI=1S/C54H37NO/c1-4-13-38(14-5-1)41-23-29-47(30-24-41)55(49-33-27-43(28-34-49)50-20-12-21-52-51-19-10-11-22-53(51)56-54(50)52)48-31-25-42(26-32-48)46-36-44(39-15-6-2-7-16-39)35-45(37-46)40-17-8-3-9-18-40/h1-37H. The lowest BCUT2D eigenvalue weighted by Crippen LogP contribution is -2.09. The molecule has 10 rings (SSSR count). The number of nitrogens with zero attached hydrogens (tertiary/aromatic N) is 1. The van der Waals surface area contributed by atoms with Crippen molar-refractivity contribution in [1.29, 1.82) is 0 Å². The normalized spacial score (nSPS) is 11.2. The van der Waals surface area contributed by atoms with Gasteiger partial charge in [-0.2, -0.15) is 0 Å². The number of anilines is 3. The molecule has 0 bridgehead atoms. The van der Waals surface area contributed by atoms with Gasteiger partial charge < -0.3 is 9.32 Å². The molecule has 264 valence electrons. The van der Waals surface area contributed by atoms with Crippen molar-refractivity contribution in [2.75, 3.05) is 4.90 Å². The molecule has 9 aromatic carbocycles. The molecule has 0 radical (unpaired) electrons. The van der Waals surface area contributed by atoms with Gasteiger partial charge in [0.25, 0.3) is 0 Å². The van der Waals surface area contributed by atoms with Crippen LogP contribution in [-0.4, -0.2) is 0 Å². The Balaban J connectivity index is 1.05. The highest BCUT2D eigenvalue weighted by molar-refractivity contribution is 6.09. The monoisotopic (exact) mass is 715 g/mol. The first-order chi connectivity index (χ1) is 27.7. The maximum absolute atomic E-state index is 6.40. The number of hydrogen-bond donors (Lipinski definition) is 0. The Morgan fingerprint density at radius 1 is 0.268 bits per heavy atom. The molecule has 0 unspecified atom stereocenters. The van der Waals surface area contributed by atoms with Crippen LogP contribution in [0.15, 0.2) is 229 Å². The molecule has 56 heavy (non-hydrogen) atoms. The number of rotatable bonds is 8. The van der Waals surface area contributed by atoms with Gasteiger partial charge >= 0.3 is 0 Å². The van der Waals surface area contributed by atoms with E-state index in [1.54, 1.807) is 0 Å². The van der Waals surface area contributed by atoms with Crippen molar-refractivity contribution in [3.8, 4) is 55.6 Å². The second-order valence-corrected chi connectivity index (χ2v) is 14.2. The summed E-state index contributed by atoms with van der Waals surface area (Å²) in [6.45, 7) is 0. The fourth-order valence-electron chi connectivity index (χ4n) is 7.84. The second-order valence-electron chi connectivity index (χ2n) is 14.2. The van der Waals surface area contributed by atoms with Gasteiger partial charge in [-0.25, -0.2) is 0 Å². The Hall–Kier alpha value is -7.42. The predicted molar refractivity (Wildman–Crippen MR) is 236 cm³/mol. The van der Waals surface area contributed by atoms with Gasteiger partial charge in [0.05, 0.1) is 0 Å². The molecule has 0 aliphatic rings. The number of furan rings is 1. The number of para-hydroxylation sites is 2. The molecule has 0 atom stereocenters. The highest BCUT2D eigenvalue weighted by Crippen LogP contribution is 2.41. The highest BCUT2D eigenvalue weighted by Gasteiger charge is 2.16. The Bertz CT molecular complexity index is 2850. The summed E-state index contributed by atoms with van der Waals surface area (Å²) < 4.78 is 6.40. The molecule has 0 fully saturated rings. The predicted octanol–water partition coefficient (Wildman–Crippen LogP) is 15.4. The molecule has 10 aromatic rings. The molecular weight excluding hydrogens is 679 g/mol. The summed E-state index contributed by atoms with van der Waals surface area (Å²) in [4.78, 5) is 2.33. The molecule has 0 spiro atoms. The summed E-state index contributed by atoms with van der Waals surface area (Å²) in [6, 6.07) is 80.0. The molecule has 1 heterocycles. The van der Waals surface area contributed by atoms with Gasteiger partial charge in [-0.05, 0) is 111 Å². The third kappa shape index (κ3) is 6.34. The van der Waals surface area contributed by atoms with Crippen molar-refractivity contribution in [3.63, 3.8) is 0 Å². The Kier molecular flexibility index (Phi) is 8.55. The van der Waals surface area contributed by atoms with E-state index < -0.39 is 0 Å². The van der Waals surface area contributed by atoms with Crippen molar-refractivity contribution < 1.29 is 4.42 Å². The summed E-state index contributed by atoms with van der Waals surface area (Å²) in [5, 5.41) is 2.27. The van der Waals surface area contributed by atoms with E-state index in [-0.39, 0.29) is 0 Å². The van der Waals surface area contributed by atoms with Gasteiger partial charge in [0.2, 0.25) is 0 Å². The lowest BCUT2D eigenvalue weighted by Gasteiger charge is -2.26. The first kappa shape index (κ1) is 33.2. The third-order valence-corrected chi connectivity index (χ3v) is 10.7. The summed E-state index contributed by atoms with van der Waals surface area (Å²) in [5.41, 5.74) is 16.8. The zero-order chi connectivity index (χ0) is 37.3. The quantitative estimate of drug-likeness (QED) is 0.156. The fourth-order valence-corrected chi connectivity index (χ4v) is 7.84. The third-order valence-electron chi connectivity index (χ3n) is 10.7. The zero-order valence-corrected chi connectivity index (χ0v) is 30.7. The van der Waals surface area contributed by atoms with Crippen LogP contribution in [0.3, 0.4) is 0 Å². The second kappa shape index (κ2) is 14.4. The molecule has 0 amide bonds. The van der Waals surface area contributed by atoms with E-state index in [0.717, 1.165) is 55.7 Å². The average Bonchev–Trinajstić information content (AvgIpc) is 3.67. The summed E-state index contributed by atoms with van der Waals surface area (Å²) in [5.74, 6) is 0. The van der Waals surface area contributed by atoms with Crippen LogP contribution in [0.1, 0.15) is 0 Å². The van der Waals surface area contributed by atoms with Crippen molar-refractivity contribution >= 4 is 39.0 Å². The minimum Gasteiger partial charge on any atom is -0.455 e. The van der Waals surface area contributed by atoms with Crippen LogP contribution in [0.5, 0.6) is 0 Å². The molecule has 2 heteroatoms. The van der Waals surface area contributed by atoms with Gasteiger partial charge in [-0.1, -0.05) is 164 Å². The van der Waals surface area contributed by atoms with Crippen LogP contribution in [-0.2, 0) is 0 Å². The molecule has 0 saturated carbocycles. The van der Waals surface area contributed by atoms with E-state index in [1.165, 1.54) is 38.9 Å². The molecule has 0 aliphatic heterocycles. The average molecular weight is 716 g/mol. The number of hydrogen-bond acceptors (Lipinski definition) is 2. The number of benzene rings is 9. The van der Waals surface area contributed by atoms with Crippen LogP contribution in [0.4, 0.5) is 17.1 Å². The highest BCUT2D eigenvalue weighted by atomic mass is 16.3. The van der Waals surface area contributed by atoms with Crippen molar-refractivity contribution in [3.05, 3.63) is 224 Å². The largest absolute Gasteiger partial charge is 0.455 e. The van der Waals surface area contributed by atoms with Crippen LogP contribution in [0.25, 0.3) is 77.6 Å². The first-order valence-corrected chi connectivity index (χ1v) is 19.1. The lowest BCUT2D eigenvalue weighted by atomic mass is 9.93. The fraction of sp³-hybridized carbons (Fsp3) is 0. The Labute approximate surface area is 327 Å². The maximum Gasteiger partial charge on any atom is 0.143 e. The smallest absolute Gasteiger partial charge is 0.143 e. The molecule has 0 aliphatic carbocycles. The minimum atomic E-state index is 0.906. The van der Waals surface area contributed by atoms with E-state index in [2.05, 4.69) is 217 Å². The molecule has 1 aromatic heterocycles. The van der Waals surface area contributed by atoms with Crippen molar-refractivity contribution in [2.24, 2.45) is 0 Å². The van der Waals surface area contributed by atoms with E-state index >= 15 is 0 Å². The van der Waals surface area contributed by atoms with E-state index in [4.69, 9.17) is 4.42 Å². The van der Waals surface area contributed by atoms with Crippen molar-refractivity contribution in [1.82, 2.24) is 0 Å². The van der Waals surface area contributed by atoms with E-state index in [9.17, 15) is 0 Å². The van der Waals surface area contributed by atoms with Crippen LogP contribution in [0, 0.1) is 0 Å². The van der Waals surface area contributed by atoms with Crippen LogP contribution >= 0.6 is 0 Å². The Morgan fingerprint density at radius 3 is 1.14 bits per heavy atom. The summed E-state index contributed by atoms with van der Waals surface area (Å²) in [7, 11) is 0. The van der Waals surface area contributed by atoms with E-state index in [0.29, 0.717) is 0 Å². The molecule has 2 nitrogen and oxygen atoms in total. The maximum atomic E-state index is 6.40. The zero-order valence-electron chi connectivity index (χ0n) is 30.7. The minimum absolute atomic E-state index is 0.906. The Morgan fingerprint density at radius 2 is 0.643 bits per heavy atom. The summed E-state index contributed by atoms with van der Waals surface area (Å²) in [6.07, 6.45) is 0. The molecule has 0 N–H and O–H groups in total. The van der Waals surface area contributed by atoms with Crippen LogP contribution in [0.2, 0.25) is 0 Å².